The number of rotatable bonds is 3. The first-order valence-electron chi connectivity index (χ1n) is 5.54. The molecule has 0 radical (unpaired) electrons. The van der Waals surface area contributed by atoms with Gasteiger partial charge < -0.3 is 10.1 Å². The molecule has 0 aliphatic carbocycles. The minimum atomic E-state index is -0.272. The van der Waals surface area contributed by atoms with E-state index in [0.717, 1.165) is 5.75 Å². The average molecular weight is 294 g/mol. The third kappa shape index (κ3) is 3.43. The van der Waals surface area contributed by atoms with Crippen LogP contribution in [0.4, 0.5) is 5.69 Å². The Hall–Kier alpha value is -1.65. The van der Waals surface area contributed by atoms with E-state index < -0.39 is 0 Å². The molecule has 2 aromatic rings. The van der Waals surface area contributed by atoms with Crippen molar-refractivity contribution >= 4 is 35.8 Å². The van der Waals surface area contributed by atoms with Crippen molar-refractivity contribution in [2.75, 3.05) is 12.4 Å². The minimum Gasteiger partial charge on any atom is -0.497 e. The molecule has 5 heteroatoms. The van der Waals surface area contributed by atoms with Gasteiger partial charge in [0.1, 0.15) is 5.75 Å². The highest BCUT2D eigenvalue weighted by Gasteiger charge is 2.10. The maximum atomic E-state index is 12.1. The van der Waals surface area contributed by atoms with Gasteiger partial charge >= 0.3 is 0 Å². The van der Waals surface area contributed by atoms with Crippen molar-refractivity contribution in [3.63, 3.8) is 0 Å². The second-order valence-electron chi connectivity index (χ2n) is 3.85. The number of amides is 1. The van der Waals surface area contributed by atoms with Crippen molar-refractivity contribution in [2.45, 2.75) is 4.90 Å². The van der Waals surface area contributed by atoms with Gasteiger partial charge in [0.15, 0.2) is 0 Å². The van der Waals surface area contributed by atoms with Crippen LogP contribution in [0.1, 0.15) is 10.4 Å². The van der Waals surface area contributed by atoms with Gasteiger partial charge in [-0.15, -0.1) is 12.6 Å². The number of halogens is 1. The number of anilines is 1. The van der Waals surface area contributed by atoms with Gasteiger partial charge in [-0.05, 0) is 42.5 Å². The van der Waals surface area contributed by atoms with Crippen molar-refractivity contribution in [1.29, 1.82) is 0 Å². The second kappa shape index (κ2) is 5.99. The number of thiol groups is 1. The van der Waals surface area contributed by atoms with E-state index >= 15 is 0 Å². The predicted molar refractivity (Wildman–Crippen MR) is 79.7 cm³/mol. The van der Waals surface area contributed by atoms with Crippen LogP contribution in [-0.2, 0) is 0 Å². The van der Waals surface area contributed by atoms with Crippen LogP contribution in [0.5, 0.6) is 5.75 Å². The molecule has 2 rings (SSSR count). The van der Waals surface area contributed by atoms with E-state index in [1.54, 1.807) is 49.6 Å². The summed E-state index contributed by atoms with van der Waals surface area (Å²) in [7, 11) is 1.59. The maximum Gasteiger partial charge on any atom is 0.257 e. The van der Waals surface area contributed by atoms with E-state index in [1.165, 1.54) is 0 Å². The number of benzene rings is 2. The van der Waals surface area contributed by atoms with Crippen molar-refractivity contribution in [2.24, 2.45) is 0 Å². The van der Waals surface area contributed by atoms with Crippen LogP contribution in [0, 0.1) is 0 Å². The first-order chi connectivity index (χ1) is 9.10. The molecule has 98 valence electrons. The number of methoxy groups -OCH3 is 1. The molecule has 0 atom stereocenters. The molecule has 0 bridgehead atoms. The predicted octanol–water partition coefficient (Wildman–Crippen LogP) is 3.89. The summed E-state index contributed by atoms with van der Waals surface area (Å²) < 4.78 is 5.05. The Labute approximate surface area is 122 Å². The zero-order valence-corrected chi connectivity index (χ0v) is 11.8. The van der Waals surface area contributed by atoms with Crippen molar-refractivity contribution in [3.05, 3.63) is 53.1 Å². The first kappa shape index (κ1) is 13.8. The normalized spacial score (nSPS) is 10.1. The van der Waals surface area contributed by atoms with Crippen molar-refractivity contribution in [3.8, 4) is 5.75 Å². The molecular weight excluding hydrogens is 282 g/mol. The molecular formula is C14H12ClNO2S. The summed E-state index contributed by atoms with van der Waals surface area (Å²) in [6.45, 7) is 0. The molecule has 0 saturated heterocycles. The third-order valence-corrected chi connectivity index (χ3v) is 3.15. The Bertz CT molecular complexity index is 599. The molecule has 3 nitrogen and oxygen atoms in total. The fraction of sp³-hybridized carbons (Fsp3) is 0.0714. The van der Waals surface area contributed by atoms with Crippen LogP contribution in [0.2, 0.25) is 5.02 Å². The topological polar surface area (TPSA) is 38.3 Å². The number of carbonyl (C=O) groups excluding carboxylic acids is 1. The van der Waals surface area contributed by atoms with Gasteiger partial charge in [-0.2, -0.15) is 0 Å². The zero-order chi connectivity index (χ0) is 13.8. The second-order valence-corrected chi connectivity index (χ2v) is 4.77. The standard InChI is InChI=1S/C14H12ClNO2S/c1-18-10-4-2-9(3-5-10)16-14(17)12-8-11(19)6-7-13(12)15/h2-8,19H,1H3,(H,16,17). The van der Waals surface area contributed by atoms with E-state index in [0.29, 0.717) is 21.2 Å². The van der Waals surface area contributed by atoms with Gasteiger partial charge in [0, 0.05) is 10.6 Å². The van der Waals surface area contributed by atoms with E-state index in [9.17, 15) is 4.79 Å². The fourth-order valence-corrected chi connectivity index (χ4v) is 1.97. The molecule has 0 unspecified atom stereocenters. The van der Waals surface area contributed by atoms with Gasteiger partial charge in [0.05, 0.1) is 17.7 Å². The van der Waals surface area contributed by atoms with Crippen LogP contribution in [0.15, 0.2) is 47.4 Å². The fourth-order valence-electron chi connectivity index (χ4n) is 1.56. The van der Waals surface area contributed by atoms with Crippen LogP contribution in [0.25, 0.3) is 0 Å². The van der Waals surface area contributed by atoms with Gasteiger partial charge in [-0.1, -0.05) is 11.6 Å². The van der Waals surface area contributed by atoms with E-state index in [1.807, 2.05) is 0 Å². The summed E-state index contributed by atoms with van der Waals surface area (Å²) in [4.78, 5) is 12.8. The summed E-state index contributed by atoms with van der Waals surface area (Å²) in [5, 5.41) is 3.16. The number of hydrogen-bond acceptors (Lipinski definition) is 3. The van der Waals surface area contributed by atoms with Gasteiger partial charge in [0.25, 0.3) is 5.91 Å². The maximum absolute atomic E-state index is 12.1. The smallest absolute Gasteiger partial charge is 0.257 e. The van der Waals surface area contributed by atoms with E-state index in [2.05, 4.69) is 17.9 Å². The number of carbonyl (C=O) groups is 1. The Balaban J connectivity index is 2.18. The van der Waals surface area contributed by atoms with Crippen molar-refractivity contribution < 1.29 is 9.53 Å². The lowest BCUT2D eigenvalue weighted by Crippen LogP contribution is -2.12. The molecule has 1 N–H and O–H groups in total. The molecule has 1 amide bonds. The SMILES string of the molecule is COc1ccc(NC(=O)c2cc(S)ccc2Cl)cc1. The molecule has 0 aliphatic heterocycles. The monoisotopic (exact) mass is 293 g/mol. The molecule has 0 saturated carbocycles. The van der Waals surface area contributed by atoms with E-state index in [4.69, 9.17) is 16.3 Å². The number of ether oxygens (including phenoxy) is 1. The summed E-state index contributed by atoms with van der Waals surface area (Å²) in [5.74, 6) is 0.458. The molecule has 0 aliphatic rings. The third-order valence-electron chi connectivity index (χ3n) is 2.54. The number of nitrogens with one attached hydrogen (secondary N) is 1. The highest BCUT2D eigenvalue weighted by Crippen LogP contribution is 2.21. The lowest BCUT2D eigenvalue weighted by atomic mass is 10.2. The van der Waals surface area contributed by atoms with Crippen LogP contribution >= 0.6 is 24.2 Å². The van der Waals surface area contributed by atoms with Crippen molar-refractivity contribution in [1.82, 2.24) is 0 Å². The Morgan fingerprint density at radius 3 is 2.53 bits per heavy atom. The van der Waals surface area contributed by atoms with Crippen LogP contribution in [0.3, 0.4) is 0 Å². The van der Waals surface area contributed by atoms with Gasteiger partial charge in [-0.3, -0.25) is 4.79 Å². The minimum absolute atomic E-state index is 0.272. The van der Waals surface area contributed by atoms with Gasteiger partial charge in [0.2, 0.25) is 0 Å². The molecule has 0 heterocycles. The number of hydrogen-bond donors (Lipinski definition) is 2. The Morgan fingerprint density at radius 1 is 1.21 bits per heavy atom. The Kier molecular flexibility index (Phi) is 4.35. The lowest BCUT2D eigenvalue weighted by Gasteiger charge is -2.08. The highest BCUT2D eigenvalue weighted by molar-refractivity contribution is 7.80. The first-order valence-corrected chi connectivity index (χ1v) is 6.36. The Morgan fingerprint density at radius 2 is 1.89 bits per heavy atom. The van der Waals surface area contributed by atoms with E-state index in [-0.39, 0.29) is 5.91 Å². The molecule has 0 aromatic heterocycles. The summed E-state index contributed by atoms with van der Waals surface area (Å²) >= 11 is 10.2. The lowest BCUT2D eigenvalue weighted by molar-refractivity contribution is 0.102. The molecule has 19 heavy (non-hydrogen) atoms. The van der Waals surface area contributed by atoms with Gasteiger partial charge in [-0.25, -0.2) is 0 Å². The van der Waals surface area contributed by atoms with Crippen LogP contribution in [-0.4, -0.2) is 13.0 Å². The molecule has 2 aromatic carbocycles. The zero-order valence-electron chi connectivity index (χ0n) is 10.2. The van der Waals surface area contributed by atoms with Crippen LogP contribution < -0.4 is 10.1 Å². The highest BCUT2D eigenvalue weighted by atomic mass is 35.5. The molecule has 0 fully saturated rings. The quantitative estimate of drug-likeness (QED) is 0.843. The average Bonchev–Trinajstić information content (AvgIpc) is 2.42. The summed E-state index contributed by atoms with van der Waals surface area (Å²) in [6.07, 6.45) is 0. The summed E-state index contributed by atoms with van der Waals surface area (Å²) in [6, 6.07) is 12.1. The summed E-state index contributed by atoms with van der Waals surface area (Å²) in [5.41, 5.74) is 1.07. The molecule has 0 spiro atoms. The largest absolute Gasteiger partial charge is 0.497 e.